The quantitative estimate of drug-likeness (QED) is 0.500. The molecule has 8 heteroatoms. The molecule has 2 N–H and O–H groups in total. The fourth-order valence-corrected chi connectivity index (χ4v) is 3.90. The summed E-state index contributed by atoms with van der Waals surface area (Å²) in [5, 5.41) is 7.08. The summed E-state index contributed by atoms with van der Waals surface area (Å²) >= 11 is 5.60. The molecule has 0 aromatic heterocycles. The van der Waals surface area contributed by atoms with Gasteiger partial charge in [0.1, 0.15) is 11.5 Å². The zero-order valence-corrected chi connectivity index (χ0v) is 17.5. The van der Waals surface area contributed by atoms with E-state index in [0.717, 1.165) is 35.0 Å². The maximum atomic E-state index is 12.9. The molecule has 0 spiro atoms. The molecule has 2 atom stereocenters. The van der Waals surface area contributed by atoms with Gasteiger partial charge in [-0.25, -0.2) is 0 Å². The first-order valence-electron chi connectivity index (χ1n) is 9.61. The lowest BCUT2D eigenvalue weighted by atomic mass is 9.87. The average molecular weight is 408 g/mol. The SMILES string of the molecule is COCCNC(=O)[C@@H]1CN(C(=S)NC2CC2)C[C@@H]1c1cc(OC)ccc1OC. The van der Waals surface area contributed by atoms with E-state index in [2.05, 4.69) is 15.5 Å². The van der Waals surface area contributed by atoms with E-state index in [9.17, 15) is 4.79 Å². The number of hydrogen-bond acceptors (Lipinski definition) is 5. The zero-order valence-electron chi connectivity index (χ0n) is 16.7. The predicted octanol–water partition coefficient (Wildman–Crippen LogP) is 1.52. The van der Waals surface area contributed by atoms with Crippen molar-refractivity contribution < 1.29 is 19.0 Å². The Kier molecular flexibility index (Phi) is 6.96. The number of nitrogens with zero attached hydrogens (tertiary/aromatic N) is 1. The molecule has 1 aromatic rings. The van der Waals surface area contributed by atoms with Crippen LogP contribution in [0.5, 0.6) is 11.5 Å². The maximum Gasteiger partial charge on any atom is 0.225 e. The Bertz CT molecular complexity index is 711. The third kappa shape index (κ3) is 4.86. The molecule has 1 saturated carbocycles. The third-order valence-corrected chi connectivity index (χ3v) is 5.67. The molecule has 28 heavy (non-hydrogen) atoms. The van der Waals surface area contributed by atoms with Gasteiger partial charge in [-0.15, -0.1) is 0 Å². The minimum atomic E-state index is -0.239. The van der Waals surface area contributed by atoms with Crippen molar-refractivity contribution in [1.29, 1.82) is 0 Å². The lowest BCUT2D eigenvalue weighted by molar-refractivity contribution is -0.125. The molecule has 1 aliphatic carbocycles. The molecular weight excluding hydrogens is 378 g/mol. The third-order valence-electron chi connectivity index (χ3n) is 5.29. The summed E-state index contributed by atoms with van der Waals surface area (Å²) in [5.41, 5.74) is 0.963. The van der Waals surface area contributed by atoms with Gasteiger partial charge in [0.05, 0.1) is 26.7 Å². The van der Waals surface area contributed by atoms with Gasteiger partial charge in [-0.2, -0.15) is 0 Å². The summed E-state index contributed by atoms with van der Waals surface area (Å²) in [6.45, 7) is 2.20. The van der Waals surface area contributed by atoms with Crippen molar-refractivity contribution in [3.05, 3.63) is 23.8 Å². The Morgan fingerprint density at radius 3 is 2.64 bits per heavy atom. The number of thiocarbonyl (C=S) groups is 1. The van der Waals surface area contributed by atoms with Crippen molar-refractivity contribution in [3.63, 3.8) is 0 Å². The highest BCUT2D eigenvalue weighted by Gasteiger charge is 2.41. The number of rotatable bonds is 8. The molecule has 1 aromatic carbocycles. The van der Waals surface area contributed by atoms with Gasteiger partial charge in [-0.05, 0) is 43.3 Å². The Morgan fingerprint density at radius 2 is 2.00 bits per heavy atom. The predicted molar refractivity (Wildman–Crippen MR) is 111 cm³/mol. The highest BCUT2D eigenvalue weighted by Crippen LogP contribution is 2.39. The molecule has 1 heterocycles. The van der Waals surface area contributed by atoms with E-state index in [1.165, 1.54) is 0 Å². The van der Waals surface area contributed by atoms with Crippen LogP contribution in [0.25, 0.3) is 0 Å². The molecule has 1 saturated heterocycles. The van der Waals surface area contributed by atoms with Crippen LogP contribution in [0.2, 0.25) is 0 Å². The number of nitrogens with one attached hydrogen (secondary N) is 2. The van der Waals surface area contributed by atoms with E-state index in [1.807, 2.05) is 18.2 Å². The van der Waals surface area contributed by atoms with Crippen molar-refractivity contribution in [3.8, 4) is 11.5 Å². The van der Waals surface area contributed by atoms with Crippen LogP contribution in [0.15, 0.2) is 18.2 Å². The van der Waals surface area contributed by atoms with Gasteiger partial charge in [0, 0.05) is 44.3 Å². The van der Waals surface area contributed by atoms with Crippen LogP contribution in [0.1, 0.15) is 24.3 Å². The van der Waals surface area contributed by atoms with Crippen molar-refractivity contribution in [1.82, 2.24) is 15.5 Å². The summed E-state index contributed by atoms with van der Waals surface area (Å²) in [6, 6.07) is 6.19. The second-order valence-electron chi connectivity index (χ2n) is 7.23. The van der Waals surface area contributed by atoms with E-state index in [-0.39, 0.29) is 17.7 Å². The van der Waals surface area contributed by atoms with Gasteiger partial charge in [0.25, 0.3) is 0 Å². The Balaban J connectivity index is 1.83. The summed E-state index contributed by atoms with van der Waals surface area (Å²) < 4.78 is 16.0. The monoisotopic (exact) mass is 407 g/mol. The normalized spacial score (nSPS) is 21.3. The molecule has 1 amide bonds. The molecule has 154 valence electrons. The Labute approximate surface area is 171 Å². The van der Waals surface area contributed by atoms with Gasteiger partial charge in [-0.1, -0.05) is 0 Å². The zero-order chi connectivity index (χ0) is 20.1. The molecule has 1 aliphatic heterocycles. The van der Waals surface area contributed by atoms with E-state index in [0.29, 0.717) is 32.3 Å². The van der Waals surface area contributed by atoms with Crippen molar-refractivity contribution in [2.45, 2.75) is 24.8 Å². The van der Waals surface area contributed by atoms with Crippen LogP contribution >= 0.6 is 12.2 Å². The second kappa shape index (κ2) is 9.43. The second-order valence-corrected chi connectivity index (χ2v) is 7.62. The molecular formula is C20H29N3O4S. The number of methoxy groups -OCH3 is 3. The van der Waals surface area contributed by atoms with E-state index < -0.39 is 0 Å². The van der Waals surface area contributed by atoms with Gasteiger partial charge in [0.15, 0.2) is 5.11 Å². The van der Waals surface area contributed by atoms with Crippen molar-refractivity contribution in [2.24, 2.45) is 5.92 Å². The topological polar surface area (TPSA) is 72.1 Å². The molecule has 7 nitrogen and oxygen atoms in total. The molecule has 0 bridgehead atoms. The molecule has 0 unspecified atom stereocenters. The Morgan fingerprint density at radius 1 is 1.21 bits per heavy atom. The lowest BCUT2D eigenvalue weighted by Gasteiger charge is -2.21. The van der Waals surface area contributed by atoms with Crippen molar-refractivity contribution in [2.75, 3.05) is 47.6 Å². The van der Waals surface area contributed by atoms with Crippen molar-refractivity contribution >= 4 is 23.2 Å². The largest absolute Gasteiger partial charge is 0.497 e. The van der Waals surface area contributed by atoms with Crippen LogP contribution in [-0.2, 0) is 9.53 Å². The summed E-state index contributed by atoms with van der Waals surface area (Å²) in [6.07, 6.45) is 2.31. The first kappa shape index (κ1) is 20.7. The van der Waals surface area contributed by atoms with E-state index in [1.54, 1.807) is 21.3 Å². The van der Waals surface area contributed by atoms with Crippen LogP contribution in [0.3, 0.4) is 0 Å². The highest BCUT2D eigenvalue weighted by atomic mass is 32.1. The smallest absolute Gasteiger partial charge is 0.225 e. The number of benzene rings is 1. The first-order chi connectivity index (χ1) is 13.6. The summed E-state index contributed by atoms with van der Waals surface area (Å²) in [4.78, 5) is 15.0. The first-order valence-corrected chi connectivity index (χ1v) is 10.0. The standard InChI is InChI=1S/C20H29N3O4S/c1-25-9-8-21-19(24)17-12-23(20(28)22-13-4-5-13)11-16(17)15-10-14(26-2)6-7-18(15)27-3/h6-7,10,13,16-17H,4-5,8-9,11-12H2,1-3H3,(H,21,24)(H,22,28)/t16-,17-/m1/s1. The minimum absolute atomic E-state index is 0.00337. The van der Waals surface area contributed by atoms with E-state index >= 15 is 0 Å². The lowest BCUT2D eigenvalue weighted by Crippen LogP contribution is -2.41. The van der Waals surface area contributed by atoms with Crippen LogP contribution < -0.4 is 20.1 Å². The number of carbonyl (C=O) groups is 1. The summed E-state index contributed by atoms with van der Waals surface area (Å²) in [5.74, 6) is 1.21. The van der Waals surface area contributed by atoms with Crippen LogP contribution in [0, 0.1) is 5.92 Å². The Hall–Kier alpha value is -2.06. The number of hydrogen-bond donors (Lipinski definition) is 2. The number of ether oxygens (including phenoxy) is 3. The average Bonchev–Trinajstić information content (AvgIpc) is 3.41. The van der Waals surface area contributed by atoms with Gasteiger partial charge < -0.3 is 29.7 Å². The molecule has 2 fully saturated rings. The van der Waals surface area contributed by atoms with Crippen LogP contribution in [0.4, 0.5) is 0 Å². The fourth-order valence-electron chi connectivity index (χ4n) is 3.58. The molecule has 3 rings (SSSR count). The minimum Gasteiger partial charge on any atom is -0.497 e. The summed E-state index contributed by atoms with van der Waals surface area (Å²) in [7, 11) is 4.90. The van der Waals surface area contributed by atoms with Gasteiger partial charge in [-0.3, -0.25) is 4.79 Å². The fraction of sp³-hybridized carbons (Fsp3) is 0.600. The highest BCUT2D eigenvalue weighted by molar-refractivity contribution is 7.80. The van der Waals surface area contributed by atoms with Crippen LogP contribution in [-0.4, -0.2) is 69.5 Å². The molecule has 2 aliphatic rings. The molecule has 0 radical (unpaired) electrons. The number of amides is 1. The number of likely N-dealkylation sites (tertiary alicyclic amines) is 1. The van der Waals surface area contributed by atoms with Gasteiger partial charge in [0.2, 0.25) is 5.91 Å². The van der Waals surface area contributed by atoms with E-state index in [4.69, 9.17) is 26.4 Å². The van der Waals surface area contributed by atoms with Gasteiger partial charge >= 0.3 is 0 Å². The number of carbonyl (C=O) groups excluding carboxylic acids is 1. The maximum absolute atomic E-state index is 12.9.